The molecule has 1 aliphatic rings. The molecule has 0 amide bonds. The van der Waals surface area contributed by atoms with Crippen molar-refractivity contribution < 1.29 is 19.4 Å². The molecule has 0 radical (unpaired) electrons. The molecule has 156 valence electrons. The first-order chi connectivity index (χ1) is 12.7. The van der Waals surface area contributed by atoms with Crippen LogP contribution in [0.3, 0.4) is 0 Å². The minimum Gasteiger partial charge on any atom is -0.147 e. The van der Waals surface area contributed by atoms with Gasteiger partial charge in [0.05, 0.1) is 0 Å². The number of hydrogen-bond donors (Lipinski definition) is 1. The summed E-state index contributed by atoms with van der Waals surface area (Å²) in [5, 5.41) is 0. The summed E-state index contributed by atoms with van der Waals surface area (Å²) < 4.78 is 4.04. The Morgan fingerprint density at radius 1 is 0.897 bits per heavy atom. The summed E-state index contributed by atoms with van der Waals surface area (Å²) in [6, 6.07) is 13.6. The van der Waals surface area contributed by atoms with Gasteiger partial charge in [-0.05, 0) is 0 Å². The van der Waals surface area contributed by atoms with Gasteiger partial charge in [-0.2, -0.15) is 0 Å². The van der Waals surface area contributed by atoms with Crippen LogP contribution >= 0.6 is 24.8 Å². The van der Waals surface area contributed by atoms with Crippen LogP contribution in [0.2, 0.25) is 0 Å². The van der Waals surface area contributed by atoms with E-state index in [9.17, 15) is 0 Å². The standard InChI is InChI=1S/C16H19.C9H12N.2ClH.Ti/c1-11(2)14-7-5-6-8-16(14)15-10-9-12(3)13(15)4;1-6-4-7(2)9(10)8(3)5-6;;;/h5-9H,10H2,1-4H3;4-5,10H,1-3H3;2*1H;/q;-1;;;+1. The monoisotopic (exact) mass is 465 g/mol. The minimum atomic E-state index is -0.431. The van der Waals surface area contributed by atoms with E-state index in [-0.39, 0.29) is 28.5 Å². The second kappa shape index (κ2) is 10.4. The van der Waals surface area contributed by atoms with Gasteiger partial charge in [-0.15, -0.1) is 24.8 Å². The van der Waals surface area contributed by atoms with Crippen LogP contribution in [-0.2, 0) is 23.1 Å². The van der Waals surface area contributed by atoms with Crippen molar-refractivity contribution in [2.45, 2.75) is 58.6 Å². The summed E-state index contributed by atoms with van der Waals surface area (Å²) in [5.74, 6) is 0. The number of halogens is 2. The fourth-order valence-electron chi connectivity index (χ4n) is 4.07. The molecular formula is C25H33Cl2NTi. The van der Waals surface area contributed by atoms with Crippen molar-refractivity contribution in [3.05, 3.63) is 81.4 Å². The fraction of sp³-hybridized carbons (Fsp3) is 0.360. The molecule has 1 N–H and O–H groups in total. The van der Waals surface area contributed by atoms with E-state index in [4.69, 9.17) is 0 Å². The molecule has 1 aliphatic carbocycles. The molecule has 1 nitrogen and oxygen atoms in total. The Morgan fingerprint density at radius 2 is 1.48 bits per heavy atom. The van der Waals surface area contributed by atoms with E-state index in [1.54, 1.807) is 0 Å². The van der Waals surface area contributed by atoms with Crippen LogP contribution < -0.4 is 3.80 Å². The van der Waals surface area contributed by atoms with E-state index >= 15 is 0 Å². The zero-order valence-electron chi connectivity index (χ0n) is 18.6. The third-order valence-corrected chi connectivity index (χ3v) is 7.74. The van der Waals surface area contributed by atoms with E-state index in [0.29, 0.717) is 0 Å². The summed E-state index contributed by atoms with van der Waals surface area (Å²) in [6.07, 6.45) is 3.43. The number of hydrogen-bond acceptors (Lipinski definition) is 1. The molecule has 3 rings (SSSR count). The first-order valence-electron chi connectivity index (χ1n) is 9.78. The third kappa shape index (κ3) is 5.58. The summed E-state index contributed by atoms with van der Waals surface area (Å²) in [7, 11) is 0. The Hall–Kier alpha value is -0.986. The topological polar surface area (TPSA) is 12.0 Å². The van der Waals surface area contributed by atoms with Crippen LogP contribution in [0.25, 0.3) is 5.57 Å². The van der Waals surface area contributed by atoms with Crippen molar-refractivity contribution in [1.82, 2.24) is 0 Å². The number of anilines is 1. The van der Waals surface area contributed by atoms with Crippen molar-refractivity contribution in [3.8, 4) is 0 Å². The quantitative estimate of drug-likeness (QED) is 0.442. The molecule has 0 heterocycles. The molecule has 0 spiro atoms. The van der Waals surface area contributed by atoms with Crippen LogP contribution in [-0.4, -0.2) is 0 Å². The van der Waals surface area contributed by atoms with E-state index in [1.165, 1.54) is 50.2 Å². The molecule has 0 atom stereocenters. The van der Waals surface area contributed by atoms with Gasteiger partial charge in [0.15, 0.2) is 0 Å². The van der Waals surface area contributed by atoms with Crippen molar-refractivity contribution in [2.75, 3.05) is 3.80 Å². The summed E-state index contributed by atoms with van der Waals surface area (Å²) in [6.45, 7) is 15.9. The third-order valence-electron chi connectivity index (χ3n) is 5.76. The minimum absolute atomic E-state index is 0. The molecule has 2 aromatic carbocycles. The number of aryl methyl sites for hydroxylation is 3. The SMILES string of the molecule is CC1=CCC(c2ccccc2[C](C)(C)[Ti][NH]c2c(C)cc(C)cc2C)=C1C.Cl.Cl. The maximum absolute atomic E-state index is 3.88. The van der Waals surface area contributed by atoms with Crippen LogP contribution in [0.4, 0.5) is 5.69 Å². The first-order valence-corrected chi connectivity index (χ1v) is 11.3. The maximum Gasteiger partial charge on any atom is -0.147 e. The molecule has 0 saturated heterocycles. The summed E-state index contributed by atoms with van der Waals surface area (Å²) >= 11 is -0.431. The van der Waals surface area contributed by atoms with E-state index in [2.05, 4.69) is 94.7 Å². The van der Waals surface area contributed by atoms with Crippen molar-refractivity contribution in [2.24, 2.45) is 0 Å². The van der Waals surface area contributed by atoms with Gasteiger partial charge in [0.25, 0.3) is 0 Å². The van der Waals surface area contributed by atoms with Crippen LogP contribution in [0.1, 0.15) is 61.9 Å². The Kier molecular flexibility index (Phi) is 9.30. The van der Waals surface area contributed by atoms with Crippen LogP contribution in [0.5, 0.6) is 0 Å². The average molecular weight is 466 g/mol. The molecule has 0 saturated carbocycles. The molecule has 2 aromatic rings. The Morgan fingerprint density at radius 3 is 2.03 bits per heavy atom. The van der Waals surface area contributed by atoms with Crippen molar-refractivity contribution in [3.63, 3.8) is 0 Å². The number of nitrogens with one attached hydrogen (secondary N) is 1. The average Bonchev–Trinajstić information content (AvgIpc) is 2.93. The Bertz CT molecular complexity index is 919. The predicted octanol–water partition coefficient (Wildman–Crippen LogP) is 7.92. The van der Waals surface area contributed by atoms with E-state index in [0.717, 1.165) is 6.42 Å². The van der Waals surface area contributed by atoms with Gasteiger partial charge in [0, 0.05) is 0 Å². The smallest absolute Gasteiger partial charge is 0.147 e. The molecule has 0 fully saturated rings. The fourth-order valence-corrected chi connectivity index (χ4v) is 5.92. The molecule has 0 aromatic heterocycles. The van der Waals surface area contributed by atoms with Crippen LogP contribution in [0.15, 0.2) is 53.6 Å². The van der Waals surface area contributed by atoms with Gasteiger partial charge in [0.2, 0.25) is 0 Å². The molecule has 0 aliphatic heterocycles. The van der Waals surface area contributed by atoms with Gasteiger partial charge in [-0.1, -0.05) is 0 Å². The molecule has 0 bridgehead atoms. The van der Waals surface area contributed by atoms with E-state index in [1.807, 2.05) is 0 Å². The second-order valence-corrected chi connectivity index (χ2v) is 11.1. The number of benzene rings is 2. The largest absolute Gasteiger partial charge is 0.147 e. The zero-order valence-corrected chi connectivity index (χ0v) is 21.8. The summed E-state index contributed by atoms with van der Waals surface area (Å²) in [5.41, 5.74) is 12.7. The Labute approximate surface area is 198 Å². The van der Waals surface area contributed by atoms with Crippen molar-refractivity contribution >= 4 is 36.1 Å². The second-order valence-electron chi connectivity index (χ2n) is 8.39. The van der Waals surface area contributed by atoms with Crippen molar-refractivity contribution in [1.29, 1.82) is 0 Å². The molecule has 29 heavy (non-hydrogen) atoms. The van der Waals surface area contributed by atoms with Gasteiger partial charge >= 0.3 is 175 Å². The summed E-state index contributed by atoms with van der Waals surface area (Å²) in [4.78, 5) is 0. The van der Waals surface area contributed by atoms with Gasteiger partial charge in [0.1, 0.15) is 0 Å². The number of allylic oxidation sites excluding steroid dienone is 4. The normalized spacial score (nSPS) is 13.4. The first kappa shape index (κ1) is 26.0. The molecular weight excluding hydrogens is 433 g/mol. The predicted molar refractivity (Wildman–Crippen MR) is 129 cm³/mol. The van der Waals surface area contributed by atoms with Gasteiger partial charge in [-0.3, -0.25) is 0 Å². The van der Waals surface area contributed by atoms with E-state index < -0.39 is 19.4 Å². The number of rotatable bonds is 5. The van der Waals surface area contributed by atoms with Gasteiger partial charge < -0.3 is 0 Å². The Balaban J connectivity index is 0.00000210. The molecule has 0 unspecified atom stereocenters. The zero-order chi connectivity index (χ0) is 19.8. The van der Waals surface area contributed by atoms with Gasteiger partial charge in [-0.25, -0.2) is 0 Å². The van der Waals surface area contributed by atoms with Crippen LogP contribution in [0, 0.1) is 20.8 Å². The maximum atomic E-state index is 3.88. The molecule has 4 heteroatoms.